The number of aliphatic hydroxyl groups excluding tert-OH is 1. The number of carbonyl (C=O) groups excluding carboxylic acids is 2. The van der Waals surface area contributed by atoms with Crippen LogP contribution in [0.5, 0.6) is 5.75 Å². The molecule has 0 unspecified atom stereocenters. The van der Waals surface area contributed by atoms with Crippen LogP contribution >= 0.6 is 11.6 Å². The van der Waals surface area contributed by atoms with Crippen LogP contribution in [0.4, 0.5) is 0 Å². The van der Waals surface area contributed by atoms with Crippen LogP contribution in [-0.2, 0) is 9.59 Å². The minimum absolute atomic E-state index is 0.0234. The normalized spacial score (nSPS) is 25.9. The second-order valence-corrected chi connectivity index (χ2v) is 7.66. The van der Waals surface area contributed by atoms with Gasteiger partial charge in [-0.2, -0.15) is 0 Å². The highest BCUT2D eigenvalue weighted by Crippen LogP contribution is 2.29. The summed E-state index contributed by atoms with van der Waals surface area (Å²) in [4.78, 5) is 27.7. The smallest absolute Gasteiger partial charge is 0.260 e. The third-order valence-electron chi connectivity index (χ3n) is 5.41. The summed E-state index contributed by atoms with van der Waals surface area (Å²) in [6.45, 7) is 3.38. The van der Waals surface area contributed by atoms with Gasteiger partial charge in [0.1, 0.15) is 5.75 Å². The molecule has 3 atom stereocenters. The summed E-state index contributed by atoms with van der Waals surface area (Å²) >= 11 is 6.10. The molecule has 0 radical (unpaired) electrons. The minimum atomic E-state index is -0.688. The molecule has 2 amide bonds. The SMILES string of the molecule is Cc1ccc(Cl)c(OCC(=O)N(C)[C@@H]2CC[C@@H](N3CCNC(=O)C3)[C@@H]2O)c1. The van der Waals surface area contributed by atoms with Crippen molar-refractivity contribution >= 4 is 23.4 Å². The van der Waals surface area contributed by atoms with Gasteiger partial charge >= 0.3 is 0 Å². The van der Waals surface area contributed by atoms with E-state index in [1.54, 1.807) is 24.1 Å². The maximum Gasteiger partial charge on any atom is 0.260 e. The van der Waals surface area contributed by atoms with Crippen LogP contribution in [0, 0.1) is 6.92 Å². The zero-order valence-electron chi connectivity index (χ0n) is 15.7. The quantitative estimate of drug-likeness (QED) is 0.771. The van der Waals surface area contributed by atoms with Gasteiger partial charge in [-0.25, -0.2) is 0 Å². The van der Waals surface area contributed by atoms with E-state index < -0.39 is 6.10 Å². The summed E-state index contributed by atoms with van der Waals surface area (Å²) < 4.78 is 5.58. The number of likely N-dealkylation sites (N-methyl/N-ethyl adjacent to an activating group) is 1. The average molecular weight is 396 g/mol. The Morgan fingerprint density at radius 3 is 2.96 bits per heavy atom. The van der Waals surface area contributed by atoms with E-state index >= 15 is 0 Å². The van der Waals surface area contributed by atoms with Crippen molar-refractivity contribution in [3.05, 3.63) is 28.8 Å². The number of amides is 2. The third-order valence-corrected chi connectivity index (χ3v) is 5.72. The van der Waals surface area contributed by atoms with E-state index in [9.17, 15) is 14.7 Å². The Balaban J connectivity index is 1.57. The summed E-state index contributed by atoms with van der Waals surface area (Å²) in [5.74, 6) is 0.237. The Labute approximate surface area is 164 Å². The Morgan fingerprint density at radius 2 is 2.22 bits per heavy atom. The molecule has 0 aromatic heterocycles. The van der Waals surface area contributed by atoms with Crippen molar-refractivity contribution in [2.45, 2.75) is 38.0 Å². The van der Waals surface area contributed by atoms with Crippen LogP contribution in [0.15, 0.2) is 18.2 Å². The highest BCUT2D eigenvalue weighted by molar-refractivity contribution is 6.32. The number of benzene rings is 1. The lowest BCUT2D eigenvalue weighted by atomic mass is 10.1. The van der Waals surface area contributed by atoms with Gasteiger partial charge in [-0.3, -0.25) is 14.5 Å². The number of carbonyl (C=O) groups is 2. The van der Waals surface area contributed by atoms with E-state index in [-0.39, 0.29) is 30.5 Å². The predicted octanol–water partition coefficient (Wildman–Crippen LogP) is 0.809. The summed E-state index contributed by atoms with van der Waals surface area (Å²) in [6, 6.07) is 5.00. The van der Waals surface area contributed by atoms with Gasteiger partial charge in [-0.1, -0.05) is 17.7 Å². The molecule has 3 rings (SSSR count). The minimum Gasteiger partial charge on any atom is -0.482 e. The van der Waals surface area contributed by atoms with Gasteiger partial charge in [0, 0.05) is 26.2 Å². The topological polar surface area (TPSA) is 82.1 Å². The summed E-state index contributed by atoms with van der Waals surface area (Å²) in [6.07, 6.45) is 0.756. The van der Waals surface area contributed by atoms with Crippen molar-refractivity contribution in [3.63, 3.8) is 0 Å². The van der Waals surface area contributed by atoms with Crippen LogP contribution in [0.1, 0.15) is 18.4 Å². The van der Waals surface area contributed by atoms with Crippen LogP contribution < -0.4 is 10.1 Å². The molecule has 1 heterocycles. The zero-order valence-corrected chi connectivity index (χ0v) is 16.4. The van der Waals surface area contributed by atoms with Crippen LogP contribution in [-0.4, -0.2) is 78.2 Å². The maximum atomic E-state index is 12.5. The molecular weight excluding hydrogens is 370 g/mol. The summed E-state index contributed by atoms with van der Waals surface area (Å²) in [5.41, 5.74) is 0.995. The van der Waals surface area contributed by atoms with E-state index in [1.807, 2.05) is 17.9 Å². The standard InChI is InChI=1S/C19H26ClN3O4/c1-12-3-4-13(20)16(9-12)27-11-18(25)22(2)14-5-6-15(19(14)26)23-8-7-21-17(24)10-23/h3-4,9,14-15,19,26H,5-8,10-11H2,1-2H3,(H,21,24)/t14-,15-,19-/m1/s1. The lowest BCUT2D eigenvalue weighted by molar-refractivity contribution is -0.137. The van der Waals surface area contributed by atoms with Gasteiger partial charge in [-0.15, -0.1) is 0 Å². The van der Waals surface area contributed by atoms with Crippen LogP contribution in [0.2, 0.25) is 5.02 Å². The number of nitrogens with zero attached hydrogens (tertiary/aromatic N) is 2. The first-order chi connectivity index (χ1) is 12.9. The molecule has 1 aliphatic carbocycles. The Bertz CT molecular complexity index is 714. The highest BCUT2D eigenvalue weighted by Gasteiger charge is 2.42. The van der Waals surface area contributed by atoms with Crippen molar-refractivity contribution in [3.8, 4) is 5.75 Å². The van der Waals surface area contributed by atoms with Gasteiger partial charge < -0.3 is 20.1 Å². The number of nitrogens with one attached hydrogen (secondary N) is 1. The van der Waals surface area contributed by atoms with Crippen LogP contribution in [0.25, 0.3) is 0 Å². The molecule has 0 bridgehead atoms. The number of rotatable bonds is 5. The van der Waals surface area contributed by atoms with Crippen molar-refractivity contribution in [2.75, 3.05) is 33.3 Å². The molecule has 2 N–H and O–H groups in total. The fraction of sp³-hybridized carbons (Fsp3) is 0.579. The molecule has 148 valence electrons. The van der Waals surface area contributed by atoms with Crippen molar-refractivity contribution in [1.29, 1.82) is 0 Å². The predicted molar refractivity (Wildman–Crippen MR) is 102 cm³/mol. The van der Waals surface area contributed by atoms with E-state index in [0.717, 1.165) is 12.0 Å². The Kier molecular flexibility index (Phi) is 6.24. The first-order valence-electron chi connectivity index (χ1n) is 9.20. The second-order valence-electron chi connectivity index (χ2n) is 7.25. The zero-order chi connectivity index (χ0) is 19.6. The second kappa shape index (κ2) is 8.46. The molecule has 1 aliphatic heterocycles. The molecule has 27 heavy (non-hydrogen) atoms. The molecule has 1 saturated heterocycles. The number of hydrogen-bond acceptors (Lipinski definition) is 5. The number of halogens is 1. The molecule has 2 aliphatic rings. The fourth-order valence-corrected chi connectivity index (χ4v) is 4.02. The number of piperazine rings is 1. The van der Waals surface area contributed by atoms with Gasteiger partial charge in [-0.05, 0) is 37.5 Å². The first kappa shape index (κ1) is 19.9. The van der Waals surface area contributed by atoms with Gasteiger partial charge in [0.15, 0.2) is 6.61 Å². The molecule has 0 spiro atoms. The molecule has 1 saturated carbocycles. The monoisotopic (exact) mass is 395 g/mol. The van der Waals surface area contributed by atoms with Crippen molar-refractivity contribution in [1.82, 2.24) is 15.1 Å². The molecule has 8 heteroatoms. The number of aliphatic hydroxyl groups is 1. The number of ether oxygens (including phenoxy) is 1. The van der Waals surface area contributed by atoms with E-state index in [4.69, 9.17) is 16.3 Å². The number of hydrogen-bond donors (Lipinski definition) is 2. The van der Waals surface area contributed by atoms with Gasteiger partial charge in [0.2, 0.25) is 5.91 Å². The number of aryl methyl sites for hydroxylation is 1. The fourth-order valence-electron chi connectivity index (χ4n) is 3.85. The summed E-state index contributed by atoms with van der Waals surface area (Å²) in [7, 11) is 1.68. The first-order valence-corrected chi connectivity index (χ1v) is 9.58. The molecule has 2 fully saturated rings. The molecule has 1 aromatic carbocycles. The Hall–Kier alpha value is -1.83. The average Bonchev–Trinajstić information content (AvgIpc) is 3.03. The molecule has 7 nitrogen and oxygen atoms in total. The van der Waals surface area contributed by atoms with Gasteiger partial charge in [0.25, 0.3) is 5.91 Å². The van der Waals surface area contributed by atoms with E-state index in [0.29, 0.717) is 36.8 Å². The largest absolute Gasteiger partial charge is 0.482 e. The maximum absolute atomic E-state index is 12.5. The Morgan fingerprint density at radius 1 is 1.44 bits per heavy atom. The van der Waals surface area contributed by atoms with E-state index in [1.165, 1.54) is 0 Å². The van der Waals surface area contributed by atoms with Crippen LogP contribution in [0.3, 0.4) is 0 Å². The molecular formula is C19H26ClN3O4. The summed E-state index contributed by atoms with van der Waals surface area (Å²) in [5, 5.41) is 14.0. The lowest BCUT2D eigenvalue weighted by Gasteiger charge is -2.35. The van der Waals surface area contributed by atoms with Gasteiger partial charge in [0.05, 0.1) is 23.7 Å². The van der Waals surface area contributed by atoms with E-state index in [2.05, 4.69) is 5.32 Å². The highest BCUT2D eigenvalue weighted by atomic mass is 35.5. The van der Waals surface area contributed by atoms with Crippen molar-refractivity contribution in [2.24, 2.45) is 0 Å². The third kappa shape index (κ3) is 4.54. The van der Waals surface area contributed by atoms with Crippen molar-refractivity contribution < 1.29 is 19.4 Å². The lowest BCUT2D eigenvalue weighted by Crippen LogP contribution is -2.56. The molecule has 1 aromatic rings.